The summed E-state index contributed by atoms with van der Waals surface area (Å²) in [5.74, 6) is 0.327. The molecule has 2 aromatic carbocycles. The van der Waals surface area contributed by atoms with Crippen LogP contribution in [-0.2, 0) is 11.9 Å². The van der Waals surface area contributed by atoms with Crippen LogP contribution in [0, 0.1) is 11.6 Å². The Balaban J connectivity index is 0.000000145. The molecule has 0 radical (unpaired) electrons. The number of rotatable bonds is 9. The summed E-state index contributed by atoms with van der Waals surface area (Å²) in [5, 5.41) is 9.72. The number of alkyl halides is 1. The van der Waals surface area contributed by atoms with Gasteiger partial charge in [0, 0.05) is 63.5 Å². The fraction of sp³-hybridized carbons (Fsp3) is 0.278. The van der Waals surface area contributed by atoms with Crippen LogP contribution in [0.1, 0.15) is 82.5 Å². The van der Waals surface area contributed by atoms with Gasteiger partial charge in [0.1, 0.15) is 32.5 Å². The normalized spacial score (nSPS) is 14.1. The largest absolute Gasteiger partial charge is 0.345 e. The van der Waals surface area contributed by atoms with Gasteiger partial charge in [0.2, 0.25) is 0 Å². The molecule has 0 saturated heterocycles. The van der Waals surface area contributed by atoms with E-state index in [1.807, 2.05) is 27.8 Å². The van der Waals surface area contributed by atoms with Crippen molar-refractivity contribution < 1.29 is 18.4 Å². The molecule has 1 N–H and O–H groups in total. The lowest BCUT2D eigenvalue weighted by atomic mass is 9.93. The van der Waals surface area contributed by atoms with Gasteiger partial charge in [-0.15, -0.1) is 0 Å². The van der Waals surface area contributed by atoms with E-state index >= 15 is 0 Å². The molecule has 0 amide bonds. The number of hydrogen-bond acceptors (Lipinski definition) is 6. The van der Waals surface area contributed by atoms with Crippen molar-refractivity contribution in [1.82, 2.24) is 39.1 Å². The highest BCUT2D eigenvalue weighted by molar-refractivity contribution is 9.11. The molecule has 8 rings (SSSR count). The first-order valence-electron chi connectivity index (χ1n) is 16.3. The number of aldehydes is 2. The highest BCUT2D eigenvalue weighted by Crippen LogP contribution is 2.36. The van der Waals surface area contributed by atoms with Crippen LogP contribution in [0.5, 0.6) is 0 Å². The van der Waals surface area contributed by atoms with Gasteiger partial charge in [-0.2, -0.15) is 10.2 Å². The summed E-state index contributed by atoms with van der Waals surface area (Å²) >= 11 is 10.6. The number of aromatic nitrogens is 8. The maximum Gasteiger partial charge on any atom is 0.150 e. The number of nitrogens with one attached hydrogen (secondary N) is 1. The van der Waals surface area contributed by atoms with E-state index in [4.69, 9.17) is 0 Å². The number of carbonyl (C=O) groups excluding carboxylic acids is 2. The topological polar surface area (TPSA) is 116 Å². The van der Waals surface area contributed by atoms with Gasteiger partial charge in [-0.05, 0) is 107 Å². The molecule has 15 heteroatoms. The van der Waals surface area contributed by atoms with E-state index in [2.05, 4.69) is 77.6 Å². The molecule has 2 aliphatic carbocycles. The fourth-order valence-corrected chi connectivity index (χ4v) is 7.71. The van der Waals surface area contributed by atoms with Crippen LogP contribution in [0.4, 0.5) is 8.78 Å². The standard InChI is InChI=1S/C18H16BrFN4O.C10H7FN2O.C8H10Br2N2/c19-17-13(9-22-24(17)15-2-1-3-15)10-23-7-6-21-18(23)16-5-4-14(20)8-12(16)11-25;11-8-1-2-9(7(5-8)6-14)10-12-3-4-13-10;9-4-6-5-11-12(8(6)10)7-2-1-3-7/h4-9,11,15H,1-3,10H2;1-6H,(H,12,13);5,7H,1-4H2. The van der Waals surface area contributed by atoms with Gasteiger partial charge in [-0.1, -0.05) is 15.9 Å². The van der Waals surface area contributed by atoms with Crippen LogP contribution in [0.3, 0.4) is 0 Å². The van der Waals surface area contributed by atoms with E-state index in [0.717, 1.165) is 32.9 Å². The highest BCUT2D eigenvalue weighted by atomic mass is 79.9. The van der Waals surface area contributed by atoms with Crippen LogP contribution in [0.15, 0.2) is 82.8 Å². The lowest BCUT2D eigenvalue weighted by molar-refractivity contribution is 0.111. The van der Waals surface area contributed by atoms with Crippen molar-refractivity contribution in [2.24, 2.45) is 0 Å². The van der Waals surface area contributed by atoms with Gasteiger partial charge in [-0.3, -0.25) is 19.0 Å². The van der Waals surface area contributed by atoms with Crippen LogP contribution < -0.4 is 0 Å². The number of hydrogen-bond donors (Lipinski definition) is 1. The van der Waals surface area contributed by atoms with Gasteiger partial charge in [-0.25, -0.2) is 18.7 Å². The highest BCUT2D eigenvalue weighted by Gasteiger charge is 2.24. The summed E-state index contributed by atoms with van der Waals surface area (Å²) in [6.07, 6.45) is 19.3. The Hall–Kier alpha value is -4.08. The average Bonchev–Trinajstić information content (AvgIpc) is 3.91. The minimum absolute atomic E-state index is 0.289. The van der Waals surface area contributed by atoms with Crippen molar-refractivity contribution in [3.05, 3.63) is 117 Å². The number of aromatic amines is 1. The Bertz CT molecular complexity index is 2100. The first kappa shape index (κ1) is 36.7. The monoisotopic (exact) mass is 884 g/mol. The number of benzene rings is 2. The fourth-order valence-electron chi connectivity index (χ4n) is 5.69. The molecule has 264 valence electrons. The molecule has 0 atom stereocenters. The molecule has 0 spiro atoms. The molecular formula is C36H33Br3F2N8O2. The van der Waals surface area contributed by atoms with E-state index < -0.39 is 11.6 Å². The van der Waals surface area contributed by atoms with Crippen LogP contribution in [0.25, 0.3) is 22.8 Å². The molecule has 0 aliphatic heterocycles. The van der Waals surface area contributed by atoms with Crippen molar-refractivity contribution in [3.63, 3.8) is 0 Å². The number of imidazole rings is 2. The molecule has 2 fully saturated rings. The Morgan fingerprint density at radius 3 is 1.86 bits per heavy atom. The smallest absolute Gasteiger partial charge is 0.150 e. The first-order valence-corrected chi connectivity index (χ1v) is 19.0. The first-order chi connectivity index (χ1) is 24.8. The molecule has 2 saturated carbocycles. The summed E-state index contributed by atoms with van der Waals surface area (Å²) in [4.78, 5) is 33.2. The van der Waals surface area contributed by atoms with Crippen molar-refractivity contribution in [2.75, 3.05) is 0 Å². The van der Waals surface area contributed by atoms with E-state index in [0.29, 0.717) is 59.5 Å². The third-order valence-electron chi connectivity index (χ3n) is 8.92. The minimum atomic E-state index is -0.437. The second-order valence-corrected chi connectivity index (χ2v) is 14.2. The number of nitrogens with zero attached hydrogens (tertiary/aromatic N) is 7. The number of H-pyrrole nitrogens is 1. The Morgan fingerprint density at radius 1 is 0.784 bits per heavy atom. The predicted molar refractivity (Wildman–Crippen MR) is 200 cm³/mol. The molecular weight excluding hydrogens is 854 g/mol. The number of halogens is 5. The molecule has 0 unspecified atom stereocenters. The summed E-state index contributed by atoms with van der Waals surface area (Å²) in [5.41, 5.74) is 4.08. The van der Waals surface area contributed by atoms with E-state index in [-0.39, 0.29) is 5.56 Å². The van der Waals surface area contributed by atoms with Crippen LogP contribution in [0.2, 0.25) is 0 Å². The molecule has 51 heavy (non-hydrogen) atoms. The van der Waals surface area contributed by atoms with Crippen molar-refractivity contribution >= 4 is 60.4 Å². The zero-order valence-corrected chi connectivity index (χ0v) is 32.0. The third kappa shape index (κ3) is 8.36. The number of carbonyl (C=O) groups is 2. The van der Waals surface area contributed by atoms with Crippen molar-refractivity contribution in [1.29, 1.82) is 0 Å². The van der Waals surface area contributed by atoms with Crippen molar-refractivity contribution in [3.8, 4) is 22.8 Å². The summed E-state index contributed by atoms with van der Waals surface area (Å²) in [6.45, 7) is 0.568. The summed E-state index contributed by atoms with van der Waals surface area (Å²) in [7, 11) is 0. The molecule has 2 aliphatic rings. The molecule has 4 aromatic heterocycles. The molecule has 6 aromatic rings. The third-order valence-corrected chi connectivity index (χ3v) is 11.3. The van der Waals surface area contributed by atoms with Gasteiger partial charge >= 0.3 is 0 Å². The predicted octanol–water partition coefficient (Wildman–Crippen LogP) is 9.53. The van der Waals surface area contributed by atoms with Crippen LogP contribution in [-0.4, -0.2) is 51.7 Å². The van der Waals surface area contributed by atoms with Gasteiger partial charge < -0.3 is 9.55 Å². The zero-order chi connectivity index (χ0) is 35.9. The maximum atomic E-state index is 13.4. The minimum Gasteiger partial charge on any atom is -0.345 e. The van der Waals surface area contributed by atoms with Crippen molar-refractivity contribution in [2.45, 2.75) is 62.5 Å². The van der Waals surface area contributed by atoms with Gasteiger partial charge in [0.15, 0.2) is 12.6 Å². The van der Waals surface area contributed by atoms with Gasteiger partial charge in [0.25, 0.3) is 0 Å². The average molecular weight is 887 g/mol. The van der Waals surface area contributed by atoms with E-state index in [1.54, 1.807) is 24.7 Å². The Labute approximate surface area is 318 Å². The van der Waals surface area contributed by atoms with E-state index in [9.17, 15) is 18.4 Å². The maximum absolute atomic E-state index is 13.4. The second kappa shape index (κ2) is 17.0. The molecule has 4 heterocycles. The molecule has 0 bridgehead atoms. The van der Waals surface area contributed by atoms with Gasteiger partial charge in [0.05, 0.1) is 31.0 Å². The summed E-state index contributed by atoms with van der Waals surface area (Å²) in [6, 6.07) is 9.28. The molecule has 10 nitrogen and oxygen atoms in total. The second-order valence-electron chi connectivity index (χ2n) is 12.1. The quantitative estimate of drug-likeness (QED) is 0.114. The Kier molecular flexibility index (Phi) is 12.2. The SMILES string of the molecule is BrCc1cnn(C2CCC2)c1Br.O=Cc1cc(F)ccc1-c1ncc[nH]1.O=Cc1cc(F)ccc1-c1nccn1Cc1cnn(C2CCC2)c1Br. The van der Waals surface area contributed by atoms with Crippen LogP contribution >= 0.6 is 47.8 Å². The lowest BCUT2D eigenvalue weighted by Gasteiger charge is -2.26. The summed E-state index contributed by atoms with van der Waals surface area (Å²) < 4.78 is 34.4. The van der Waals surface area contributed by atoms with E-state index in [1.165, 1.54) is 61.6 Å². The Morgan fingerprint density at radius 2 is 1.35 bits per heavy atom. The lowest BCUT2D eigenvalue weighted by Crippen LogP contribution is -2.18. The zero-order valence-electron chi connectivity index (χ0n) is 27.2.